The second-order valence-corrected chi connectivity index (χ2v) is 6.85. The van der Waals surface area contributed by atoms with Gasteiger partial charge in [-0.25, -0.2) is 4.98 Å². The standard InChI is InChI=1S/C17H20N4S/c1-20-7-3-16-15(2-4-19-17(16)20)13-10-14(22-12-13)11-21-8-5-18-6-9-21/h2-4,7,10,12,18H,5-6,8-9,11H2,1H3. The first-order valence-corrected chi connectivity index (χ1v) is 8.60. The molecule has 4 nitrogen and oxygen atoms in total. The van der Waals surface area contributed by atoms with Gasteiger partial charge in [-0.1, -0.05) is 0 Å². The molecule has 1 saturated heterocycles. The molecule has 114 valence electrons. The van der Waals surface area contributed by atoms with Crippen LogP contribution in [0.15, 0.2) is 36.0 Å². The normalized spacial score (nSPS) is 16.4. The van der Waals surface area contributed by atoms with Gasteiger partial charge in [-0.05, 0) is 34.7 Å². The fourth-order valence-electron chi connectivity index (χ4n) is 3.11. The topological polar surface area (TPSA) is 33.1 Å². The molecule has 0 amide bonds. The number of hydrogen-bond donors (Lipinski definition) is 1. The summed E-state index contributed by atoms with van der Waals surface area (Å²) >= 11 is 1.86. The van der Waals surface area contributed by atoms with Gasteiger partial charge in [0.1, 0.15) is 5.65 Å². The van der Waals surface area contributed by atoms with Crippen molar-refractivity contribution in [1.82, 2.24) is 19.8 Å². The first-order valence-electron chi connectivity index (χ1n) is 7.72. The molecule has 4 rings (SSSR count). The first kappa shape index (κ1) is 13.9. The SMILES string of the molecule is Cn1ccc2c(-c3csc(CN4CCNCC4)c3)ccnc21. The minimum absolute atomic E-state index is 1.05. The second-order valence-electron chi connectivity index (χ2n) is 5.85. The Balaban J connectivity index is 1.62. The molecule has 1 fully saturated rings. The number of pyridine rings is 1. The lowest BCUT2D eigenvalue weighted by Crippen LogP contribution is -2.42. The van der Waals surface area contributed by atoms with Gasteiger partial charge in [0.25, 0.3) is 0 Å². The Morgan fingerprint density at radius 1 is 1.27 bits per heavy atom. The molecular weight excluding hydrogens is 292 g/mol. The average molecular weight is 312 g/mol. The molecule has 0 aromatic carbocycles. The molecule has 3 aromatic heterocycles. The lowest BCUT2D eigenvalue weighted by molar-refractivity contribution is 0.235. The summed E-state index contributed by atoms with van der Waals surface area (Å²) in [6, 6.07) is 6.62. The van der Waals surface area contributed by atoms with Gasteiger partial charge >= 0.3 is 0 Å². The van der Waals surface area contributed by atoms with Crippen LogP contribution in [-0.2, 0) is 13.6 Å². The number of nitrogens with one attached hydrogen (secondary N) is 1. The molecular formula is C17H20N4S. The molecule has 1 aliphatic heterocycles. The molecule has 0 aliphatic carbocycles. The van der Waals surface area contributed by atoms with E-state index in [1.165, 1.54) is 21.4 Å². The van der Waals surface area contributed by atoms with E-state index < -0.39 is 0 Å². The fraction of sp³-hybridized carbons (Fsp3) is 0.353. The zero-order chi connectivity index (χ0) is 14.9. The summed E-state index contributed by atoms with van der Waals surface area (Å²) in [7, 11) is 2.04. The zero-order valence-corrected chi connectivity index (χ0v) is 13.6. The van der Waals surface area contributed by atoms with Crippen molar-refractivity contribution >= 4 is 22.4 Å². The van der Waals surface area contributed by atoms with E-state index in [9.17, 15) is 0 Å². The smallest absolute Gasteiger partial charge is 0.140 e. The maximum Gasteiger partial charge on any atom is 0.140 e. The van der Waals surface area contributed by atoms with Crippen LogP contribution in [-0.4, -0.2) is 40.6 Å². The summed E-state index contributed by atoms with van der Waals surface area (Å²) in [5.74, 6) is 0. The van der Waals surface area contributed by atoms with E-state index in [1.54, 1.807) is 0 Å². The second kappa shape index (κ2) is 5.83. The molecule has 5 heteroatoms. The summed E-state index contributed by atoms with van der Waals surface area (Å²) in [6.07, 6.45) is 3.99. The van der Waals surface area contributed by atoms with E-state index in [4.69, 9.17) is 0 Å². The van der Waals surface area contributed by atoms with Crippen LogP contribution in [0.2, 0.25) is 0 Å². The van der Waals surface area contributed by atoms with E-state index in [2.05, 4.69) is 49.5 Å². The van der Waals surface area contributed by atoms with Crippen molar-refractivity contribution in [3.63, 3.8) is 0 Å². The monoisotopic (exact) mass is 312 g/mol. The predicted octanol–water partition coefficient (Wildman–Crippen LogP) is 2.71. The number of hydrogen-bond acceptors (Lipinski definition) is 4. The van der Waals surface area contributed by atoms with Crippen molar-refractivity contribution in [3.8, 4) is 11.1 Å². The van der Waals surface area contributed by atoms with Crippen LogP contribution in [0.5, 0.6) is 0 Å². The molecule has 1 aliphatic rings. The third kappa shape index (κ3) is 2.56. The lowest BCUT2D eigenvalue weighted by atomic mass is 10.1. The number of fused-ring (bicyclic) bond motifs is 1. The third-order valence-corrected chi connectivity index (χ3v) is 5.24. The molecule has 0 saturated carbocycles. The number of rotatable bonds is 3. The first-order chi connectivity index (χ1) is 10.8. The molecule has 3 aromatic rings. The van der Waals surface area contributed by atoms with Crippen molar-refractivity contribution in [2.45, 2.75) is 6.54 Å². The van der Waals surface area contributed by atoms with Crippen molar-refractivity contribution in [2.75, 3.05) is 26.2 Å². The number of piperazine rings is 1. The van der Waals surface area contributed by atoms with Crippen molar-refractivity contribution in [2.24, 2.45) is 7.05 Å². The molecule has 0 atom stereocenters. The Bertz CT molecular complexity index is 783. The zero-order valence-electron chi connectivity index (χ0n) is 12.7. The van der Waals surface area contributed by atoms with Crippen LogP contribution < -0.4 is 5.32 Å². The van der Waals surface area contributed by atoms with Gasteiger partial charge in [0.2, 0.25) is 0 Å². The predicted molar refractivity (Wildman–Crippen MR) is 92.2 cm³/mol. The molecule has 0 bridgehead atoms. The van der Waals surface area contributed by atoms with E-state index >= 15 is 0 Å². The van der Waals surface area contributed by atoms with Crippen LogP contribution >= 0.6 is 11.3 Å². The van der Waals surface area contributed by atoms with Gasteiger partial charge in [0, 0.05) is 62.4 Å². The summed E-state index contributed by atoms with van der Waals surface area (Å²) in [6.45, 7) is 5.56. The molecule has 0 radical (unpaired) electrons. The van der Waals surface area contributed by atoms with Crippen molar-refractivity contribution in [3.05, 3.63) is 40.8 Å². The number of nitrogens with zero attached hydrogens (tertiary/aromatic N) is 3. The largest absolute Gasteiger partial charge is 0.336 e. The average Bonchev–Trinajstić information content (AvgIpc) is 3.16. The number of thiophene rings is 1. The Hall–Kier alpha value is -1.69. The molecule has 0 unspecified atom stereocenters. The molecule has 4 heterocycles. The minimum Gasteiger partial charge on any atom is -0.336 e. The highest BCUT2D eigenvalue weighted by Gasteiger charge is 2.13. The third-order valence-electron chi connectivity index (χ3n) is 4.32. The van der Waals surface area contributed by atoms with Crippen LogP contribution in [0.4, 0.5) is 0 Å². The molecule has 1 N–H and O–H groups in total. The Labute approximate surface area is 134 Å². The highest BCUT2D eigenvalue weighted by Crippen LogP contribution is 2.31. The summed E-state index contributed by atoms with van der Waals surface area (Å²) < 4.78 is 2.08. The van der Waals surface area contributed by atoms with E-state index in [0.29, 0.717) is 0 Å². The van der Waals surface area contributed by atoms with Crippen molar-refractivity contribution in [1.29, 1.82) is 0 Å². The van der Waals surface area contributed by atoms with E-state index in [-0.39, 0.29) is 0 Å². The Morgan fingerprint density at radius 2 is 2.14 bits per heavy atom. The van der Waals surface area contributed by atoms with Gasteiger partial charge in [0.05, 0.1) is 0 Å². The van der Waals surface area contributed by atoms with Gasteiger partial charge in [0.15, 0.2) is 0 Å². The van der Waals surface area contributed by atoms with Crippen LogP contribution in [0.1, 0.15) is 4.88 Å². The summed E-state index contributed by atoms with van der Waals surface area (Å²) in [5.41, 5.74) is 3.65. The highest BCUT2D eigenvalue weighted by molar-refractivity contribution is 7.10. The van der Waals surface area contributed by atoms with Gasteiger partial charge < -0.3 is 9.88 Å². The lowest BCUT2D eigenvalue weighted by Gasteiger charge is -2.26. The summed E-state index contributed by atoms with van der Waals surface area (Å²) in [4.78, 5) is 8.45. The maximum atomic E-state index is 4.48. The molecule has 22 heavy (non-hydrogen) atoms. The Kier molecular flexibility index (Phi) is 3.70. The fourth-order valence-corrected chi connectivity index (χ4v) is 4.04. The van der Waals surface area contributed by atoms with Crippen LogP contribution in [0.25, 0.3) is 22.2 Å². The van der Waals surface area contributed by atoms with E-state index in [0.717, 1.165) is 38.4 Å². The number of aryl methyl sites for hydroxylation is 1. The van der Waals surface area contributed by atoms with Crippen LogP contribution in [0, 0.1) is 0 Å². The van der Waals surface area contributed by atoms with Gasteiger partial charge in [-0.3, -0.25) is 4.90 Å². The highest BCUT2D eigenvalue weighted by atomic mass is 32.1. The summed E-state index contributed by atoms with van der Waals surface area (Å²) in [5, 5.41) is 6.92. The quantitative estimate of drug-likeness (QED) is 0.807. The van der Waals surface area contributed by atoms with E-state index in [1.807, 2.05) is 24.6 Å². The minimum atomic E-state index is 1.05. The Morgan fingerprint density at radius 3 is 3.00 bits per heavy atom. The molecule has 0 spiro atoms. The van der Waals surface area contributed by atoms with Gasteiger partial charge in [-0.15, -0.1) is 11.3 Å². The van der Waals surface area contributed by atoms with Gasteiger partial charge in [-0.2, -0.15) is 0 Å². The van der Waals surface area contributed by atoms with Crippen molar-refractivity contribution < 1.29 is 0 Å². The maximum absolute atomic E-state index is 4.48. The number of aromatic nitrogens is 2. The van der Waals surface area contributed by atoms with Crippen LogP contribution in [0.3, 0.4) is 0 Å².